The maximum atomic E-state index is 13.4. The number of hydrogen-bond donors (Lipinski definition) is 2. The van der Waals surface area contributed by atoms with E-state index in [9.17, 15) is 4.79 Å². The number of carbonyl (C=O) groups excluding carboxylic acids is 1. The van der Waals surface area contributed by atoms with Gasteiger partial charge < -0.3 is 24.3 Å². The quantitative estimate of drug-likeness (QED) is 0.184. The second-order valence-corrected chi connectivity index (χ2v) is 10.6. The summed E-state index contributed by atoms with van der Waals surface area (Å²) >= 11 is 0. The standard InChI is InChI=1S/C34H37N3O4/c1-21-11-13-28(22(2)17-21)33(26-9-7-6-8-10-26)36-31(38)19-25-12-14-29-27(18-25)20-30(40-29)34(35-15-16-39-5)32-23(3)37-41-24(32)4/h6-14,17-18,20,33-35H,15-16,19H2,1-5H3,(H,36,38). The summed E-state index contributed by atoms with van der Waals surface area (Å²) in [6, 6.07) is 23.9. The van der Waals surface area contributed by atoms with Crippen LogP contribution in [0.15, 0.2) is 81.7 Å². The summed E-state index contributed by atoms with van der Waals surface area (Å²) in [6.45, 7) is 9.20. The van der Waals surface area contributed by atoms with Crippen molar-refractivity contribution >= 4 is 16.9 Å². The van der Waals surface area contributed by atoms with Crippen LogP contribution < -0.4 is 10.6 Å². The molecule has 0 saturated heterocycles. The summed E-state index contributed by atoms with van der Waals surface area (Å²) in [5.41, 5.74) is 7.93. The van der Waals surface area contributed by atoms with Crippen LogP contribution in [0.4, 0.5) is 0 Å². The number of benzene rings is 3. The molecule has 2 atom stereocenters. The number of nitrogens with one attached hydrogen (secondary N) is 2. The molecular formula is C34H37N3O4. The van der Waals surface area contributed by atoms with Crippen LogP contribution in [-0.4, -0.2) is 31.3 Å². The normalized spacial score (nSPS) is 12.9. The lowest BCUT2D eigenvalue weighted by Gasteiger charge is -2.22. The number of aryl methyl sites for hydroxylation is 4. The number of methoxy groups -OCH3 is 1. The molecule has 0 radical (unpaired) electrons. The Bertz CT molecular complexity index is 1620. The summed E-state index contributed by atoms with van der Waals surface area (Å²) in [5, 5.41) is 11.9. The lowest BCUT2D eigenvalue weighted by atomic mass is 9.93. The molecule has 0 aliphatic carbocycles. The molecule has 0 fully saturated rings. The van der Waals surface area contributed by atoms with Crippen molar-refractivity contribution in [2.75, 3.05) is 20.3 Å². The number of carbonyl (C=O) groups is 1. The number of aromatic nitrogens is 1. The molecule has 2 heterocycles. The Hall–Kier alpha value is -4.20. The lowest BCUT2D eigenvalue weighted by molar-refractivity contribution is -0.120. The fourth-order valence-corrected chi connectivity index (χ4v) is 5.45. The van der Waals surface area contributed by atoms with E-state index in [-0.39, 0.29) is 24.4 Å². The van der Waals surface area contributed by atoms with Crippen LogP contribution in [0.5, 0.6) is 0 Å². The number of fused-ring (bicyclic) bond motifs is 1. The Morgan fingerprint density at radius 2 is 1.76 bits per heavy atom. The first kappa shape index (κ1) is 28.3. The van der Waals surface area contributed by atoms with Gasteiger partial charge in [0, 0.05) is 24.6 Å². The number of furan rings is 1. The Kier molecular flexibility index (Phi) is 8.67. The van der Waals surface area contributed by atoms with Gasteiger partial charge in [0.1, 0.15) is 17.1 Å². The van der Waals surface area contributed by atoms with Gasteiger partial charge in [-0.2, -0.15) is 0 Å². The van der Waals surface area contributed by atoms with Crippen molar-refractivity contribution in [2.45, 2.75) is 46.2 Å². The number of nitrogens with zero attached hydrogens (tertiary/aromatic N) is 1. The Labute approximate surface area is 240 Å². The van der Waals surface area contributed by atoms with Crippen molar-refractivity contribution in [3.63, 3.8) is 0 Å². The van der Waals surface area contributed by atoms with Crippen molar-refractivity contribution in [3.8, 4) is 0 Å². The third-order valence-corrected chi connectivity index (χ3v) is 7.46. The van der Waals surface area contributed by atoms with Crippen molar-refractivity contribution in [2.24, 2.45) is 0 Å². The smallest absolute Gasteiger partial charge is 0.225 e. The van der Waals surface area contributed by atoms with E-state index in [1.54, 1.807) is 7.11 Å². The van der Waals surface area contributed by atoms with Crippen LogP contribution >= 0.6 is 0 Å². The van der Waals surface area contributed by atoms with E-state index in [2.05, 4.69) is 60.0 Å². The maximum absolute atomic E-state index is 13.4. The van der Waals surface area contributed by atoms with E-state index < -0.39 is 0 Å². The zero-order valence-electron chi connectivity index (χ0n) is 24.3. The zero-order chi connectivity index (χ0) is 28.9. The van der Waals surface area contributed by atoms with Crippen molar-refractivity contribution in [3.05, 3.63) is 123 Å². The van der Waals surface area contributed by atoms with Crippen LogP contribution in [0.3, 0.4) is 0 Å². The van der Waals surface area contributed by atoms with Gasteiger partial charge in [-0.05, 0) is 68.1 Å². The molecule has 0 aliphatic rings. The molecule has 0 spiro atoms. The van der Waals surface area contributed by atoms with Gasteiger partial charge in [-0.1, -0.05) is 65.3 Å². The van der Waals surface area contributed by atoms with Gasteiger partial charge in [-0.3, -0.25) is 4.79 Å². The summed E-state index contributed by atoms with van der Waals surface area (Å²) in [6.07, 6.45) is 0.254. The molecule has 5 aromatic rings. The lowest BCUT2D eigenvalue weighted by Crippen LogP contribution is -2.31. The monoisotopic (exact) mass is 551 g/mol. The highest BCUT2D eigenvalue weighted by Gasteiger charge is 2.25. The van der Waals surface area contributed by atoms with Crippen molar-refractivity contribution in [1.29, 1.82) is 0 Å². The van der Waals surface area contributed by atoms with Crippen LogP contribution in [0, 0.1) is 27.7 Å². The Morgan fingerprint density at radius 3 is 2.46 bits per heavy atom. The average Bonchev–Trinajstić information content (AvgIpc) is 3.53. The second kappa shape index (κ2) is 12.5. The minimum atomic E-state index is -0.236. The second-order valence-electron chi connectivity index (χ2n) is 10.6. The van der Waals surface area contributed by atoms with Crippen LogP contribution in [-0.2, 0) is 16.0 Å². The SMILES string of the molecule is COCCNC(c1cc2cc(CC(=O)NC(c3ccccc3)c3ccc(C)cc3C)ccc2o1)c1c(C)noc1C. The Morgan fingerprint density at radius 1 is 0.951 bits per heavy atom. The van der Waals surface area contributed by atoms with Gasteiger partial charge in [0.25, 0.3) is 0 Å². The molecule has 2 unspecified atom stereocenters. The molecule has 3 aromatic carbocycles. The Balaban J connectivity index is 1.38. The van der Waals surface area contributed by atoms with E-state index in [0.717, 1.165) is 56.0 Å². The summed E-state index contributed by atoms with van der Waals surface area (Å²) in [5.74, 6) is 1.45. The fraction of sp³-hybridized carbons (Fsp3) is 0.294. The molecule has 41 heavy (non-hydrogen) atoms. The number of hydrogen-bond acceptors (Lipinski definition) is 6. The van der Waals surface area contributed by atoms with Crippen molar-refractivity contribution < 1.29 is 18.5 Å². The van der Waals surface area contributed by atoms with Gasteiger partial charge >= 0.3 is 0 Å². The van der Waals surface area contributed by atoms with Crippen molar-refractivity contribution in [1.82, 2.24) is 15.8 Å². The van der Waals surface area contributed by atoms with Gasteiger partial charge in [0.15, 0.2) is 0 Å². The molecule has 1 amide bonds. The highest BCUT2D eigenvalue weighted by Crippen LogP contribution is 2.32. The molecule has 212 valence electrons. The summed E-state index contributed by atoms with van der Waals surface area (Å²) < 4.78 is 17.0. The molecule has 2 aromatic heterocycles. The molecule has 0 bridgehead atoms. The van der Waals surface area contributed by atoms with E-state index in [0.29, 0.717) is 13.2 Å². The summed E-state index contributed by atoms with van der Waals surface area (Å²) in [7, 11) is 1.68. The molecule has 2 N–H and O–H groups in total. The largest absolute Gasteiger partial charge is 0.459 e. The molecule has 7 heteroatoms. The first-order valence-corrected chi connectivity index (χ1v) is 13.9. The summed E-state index contributed by atoms with van der Waals surface area (Å²) in [4.78, 5) is 13.4. The predicted octanol–water partition coefficient (Wildman–Crippen LogP) is 6.43. The zero-order valence-corrected chi connectivity index (χ0v) is 24.3. The maximum Gasteiger partial charge on any atom is 0.225 e. The highest BCUT2D eigenvalue weighted by atomic mass is 16.5. The van der Waals surface area contributed by atoms with Crippen LogP contribution in [0.25, 0.3) is 11.0 Å². The van der Waals surface area contributed by atoms with E-state index in [1.807, 2.05) is 56.3 Å². The average molecular weight is 552 g/mol. The van der Waals surface area contributed by atoms with E-state index in [4.69, 9.17) is 13.7 Å². The third kappa shape index (κ3) is 6.42. The minimum Gasteiger partial charge on any atom is -0.459 e. The van der Waals surface area contributed by atoms with Gasteiger partial charge in [0.05, 0.1) is 30.8 Å². The minimum absolute atomic E-state index is 0.0447. The number of rotatable bonds is 11. The topological polar surface area (TPSA) is 89.5 Å². The van der Waals surface area contributed by atoms with E-state index in [1.165, 1.54) is 5.56 Å². The molecule has 0 saturated carbocycles. The van der Waals surface area contributed by atoms with Gasteiger partial charge in [0.2, 0.25) is 5.91 Å². The molecule has 0 aliphatic heterocycles. The predicted molar refractivity (Wildman–Crippen MR) is 160 cm³/mol. The molecule has 5 rings (SSSR count). The van der Waals surface area contributed by atoms with Gasteiger partial charge in [-0.15, -0.1) is 0 Å². The fourth-order valence-electron chi connectivity index (χ4n) is 5.45. The first-order valence-electron chi connectivity index (χ1n) is 13.9. The molecule has 7 nitrogen and oxygen atoms in total. The third-order valence-electron chi connectivity index (χ3n) is 7.46. The van der Waals surface area contributed by atoms with Crippen LogP contribution in [0.1, 0.15) is 62.7 Å². The van der Waals surface area contributed by atoms with Gasteiger partial charge in [-0.25, -0.2) is 0 Å². The highest BCUT2D eigenvalue weighted by molar-refractivity contribution is 5.83. The number of ether oxygens (including phenoxy) is 1. The van der Waals surface area contributed by atoms with E-state index >= 15 is 0 Å². The first-order chi connectivity index (χ1) is 19.8. The number of amides is 1. The molecular weight excluding hydrogens is 514 g/mol. The van der Waals surface area contributed by atoms with Crippen LogP contribution in [0.2, 0.25) is 0 Å².